The van der Waals surface area contributed by atoms with Crippen molar-refractivity contribution < 1.29 is 64.2 Å². The van der Waals surface area contributed by atoms with E-state index in [1.165, 1.54) is 14.2 Å². The van der Waals surface area contributed by atoms with Crippen molar-refractivity contribution >= 4 is 0 Å². The van der Waals surface area contributed by atoms with Crippen LogP contribution in [0.2, 0.25) is 0 Å². The third kappa shape index (κ3) is 5.40. The Kier molecular flexibility index (Phi) is 8.51. The van der Waals surface area contributed by atoms with Crippen LogP contribution in [0.1, 0.15) is 0 Å². The summed E-state index contributed by atoms with van der Waals surface area (Å²) in [6.45, 7) is -1.43. The van der Waals surface area contributed by atoms with Crippen molar-refractivity contribution in [3.05, 3.63) is 0 Å². The number of nitrogens with zero attached hydrogens (tertiary/aromatic N) is 3. The van der Waals surface area contributed by atoms with Gasteiger partial charge in [-0.05, 0) is 0 Å². The Hall–Kier alpha value is -1.99. The van der Waals surface area contributed by atoms with E-state index in [0.717, 1.165) is 0 Å². The van der Waals surface area contributed by atoms with Gasteiger partial charge in [0, 0.05) is 0 Å². The molecule has 16 nitrogen and oxygen atoms in total. The van der Waals surface area contributed by atoms with E-state index in [4.69, 9.17) is 28.4 Å². The van der Waals surface area contributed by atoms with E-state index < -0.39 is 74.6 Å². The lowest BCUT2D eigenvalue weighted by Gasteiger charge is -2.45. The van der Waals surface area contributed by atoms with Gasteiger partial charge < -0.3 is 64.2 Å². The zero-order valence-corrected chi connectivity index (χ0v) is 17.6. The lowest BCUT2D eigenvalue weighted by Crippen LogP contribution is -2.65. The van der Waals surface area contributed by atoms with E-state index in [1.807, 2.05) is 0 Å². The summed E-state index contributed by atoms with van der Waals surface area (Å²) in [5.74, 6) is 0. The van der Waals surface area contributed by atoms with Crippen LogP contribution in [-0.2, 0) is 14.2 Å². The van der Waals surface area contributed by atoms with Gasteiger partial charge in [-0.2, -0.15) is 0 Å². The first-order valence-corrected chi connectivity index (χ1v) is 9.83. The number of aliphatic hydroxyl groups is 7. The number of aliphatic hydroxyl groups excluding tert-OH is 7. The molecule has 10 atom stereocenters. The van der Waals surface area contributed by atoms with Crippen molar-refractivity contribution in [1.29, 1.82) is 0 Å². The fourth-order valence-corrected chi connectivity index (χ4v) is 3.31. The molecule has 2 fully saturated rings. The molecule has 1 aromatic heterocycles. The number of aromatic nitrogens is 3. The summed E-state index contributed by atoms with van der Waals surface area (Å²) in [6.07, 6.45) is -15.9. The summed E-state index contributed by atoms with van der Waals surface area (Å²) in [4.78, 5) is 11.4. The van der Waals surface area contributed by atoms with E-state index in [0.29, 0.717) is 0 Å². The highest BCUT2D eigenvalue weighted by Crippen LogP contribution is 2.30. The molecule has 3 rings (SSSR count). The van der Waals surface area contributed by atoms with E-state index >= 15 is 0 Å². The number of ether oxygens (including phenoxy) is 6. The maximum Gasteiger partial charge on any atom is 0.328 e. The predicted octanol–water partition coefficient (Wildman–Crippen LogP) is -5.11. The van der Waals surface area contributed by atoms with E-state index in [1.54, 1.807) is 0 Å². The van der Waals surface area contributed by atoms with Crippen LogP contribution in [0.5, 0.6) is 18.0 Å². The maximum absolute atomic E-state index is 10.6. The molecule has 3 heterocycles. The third-order valence-corrected chi connectivity index (χ3v) is 5.12. The molecule has 1 aromatic rings. The van der Waals surface area contributed by atoms with Crippen molar-refractivity contribution in [2.75, 3.05) is 27.4 Å². The van der Waals surface area contributed by atoms with Crippen molar-refractivity contribution in [3.63, 3.8) is 0 Å². The Labute approximate surface area is 186 Å². The quantitative estimate of drug-likeness (QED) is 0.184. The second-order valence-electron chi connectivity index (χ2n) is 7.21. The van der Waals surface area contributed by atoms with E-state index in [-0.39, 0.29) is 18.0 Å². The Balaban J connectivity index is 1.74. The first kappa shape index (κ1) is 25.6. The second-order valence-corrected chi connectivity index (χ2v) is 7.21. The summed E-state index contributed by atoms with van der Waals surface area (Å²) < 4.78 is 31.3. The Morgan fingerprint density at radius 3 is 1.73 bits per heavy atom. The largest absolute Gasteiger partial charge is 0.467 e. The molecule has 2 aliphatic rings. The summed E-state index contributed by atoms with van der Waals surface area (Å²) in [5, 5.41) is 70.0. The first-order chi connectivity index (χ1) is 15.7. The van der Waals surface area contributed by atoms with Gasteiger partial charge in [-0.25, -0.2) is 0 Å². The van der Waals surface area contributed by atoms with Crippen molar-refractivity contribution in [3.8, 4) is 18.0 Å². The van der Waals surface area contributed by atoms with Gasteiger partial charge >= 0.3 is 18.0 Å². The van der Waals surface area contributed by atoms with Crippen LogP contribution in [0.15, 0.2) is 0 Å². The molecule has 7 N–H and O–H groups in total. The Morgan fingerprint density at radius 2 is 1.18 bits per heavy atom. The molecule has 0 amide bonds. The Bertz CT molecular complexity index is 749. The van der Waals surface area contributed by atoms with Gasteiger partial charge in [-0.3, -0.25) is 0 Å². The highest BCUT2D eigenvalue weighted by atomic mass is 16.7. The average Bonchev–Trinajstić information content (AvgIpc) is 2.83. The van der Waals surface area contributed by atoms with Gasteiger partial charge in [0.1, 0.15) is 48.8 Å². The first-order valence-electron chi connectivity index (χ1n) is 9.83. The molecule has 33 heavy (non-hydrogen) atoms. The molecular formula is C17H27N3O13. The molecule has 0 unspecified atom stereocenters. The zero-order chi connectivity index (χ0) is 24.3. The van der Waals surface area contributed by atoms with Gasteiger partial charge in [-0.15, -0.1) is 15.0 Å². The minimum Gasteiger partial charge on any atom is -0.467 e. The van der Waals surface area contributed by atoms with Crippen LogP contribution in [0.4, 0.5) is 0 Å². The summed E-state index contributed by atoms with van der Waals surface area (Å²) in [7, 11) is 2.58. The smallest absolute Gasteiger partial charge is 0.328 e. The number of hydrogen-bond acceptors (Lipinski definition) is 16. The van der Waals surface area contributed by atoms with Crippen LogP contribution < -0.4 is 14.2 Å². The van der Waals surface area contributed by atoms with Crippen LogP contribution >= 0.6 is 0 Å². The molecule has 0 aliphatic carbocycles. The van der Waals surface area contributed by atoms with E-state index in [9.17, 15) is 35.7 Å². The zero-order valence-electron chi connectivity index (χ0n) is 17.6. The fourth-order valence-electron chi connectivity index (χ4n) is 3.31. The number of rotatable bonds is 8. The van der Waals surface area contributed by atoms with Crippen molar-refractivity contribution in [2.45, 2.75) is 61.4 Å². The van der Waals surface area contributed by atoms with Gasteiger partial charge in [0.05, 0.1) is 27.4 Å². The van der Waals surface area contributed by atoms with E-state index in [2.05, 4.69) is 15.0 Å². The highest BCUT2D eigenvalue weighted by Gasteiger charge is 2.51. The average molecular weight is 481 g/mol. The standard InChI is InChI=1S/C17H27N3O13/c1-28-15-18-16(29-2)20-17(19-15)33-14-11(27)9(25)12(6(4-22)31-14)32-13-10(26)8(24)7(23)5(3-21)30-13/h5-14,21-27H,3-4H2,1-2H3/t5-,6-,7+,8+,9-,10-,11-,12-,13+,14+/m1/s1. The molecule has 0 spiro atoms. The molecule has 16 heteroatoms. The van der Waals surface area contributed by atoms with Crippen molar-refractivity contribution in [2.24, 2.45) is 0 Å². The molecule has 188 valence electrons. The minimum absolute atomic E-state index is 0.162. The summed E-state index contributed by atoms with van der Waals surface area (Å²) in [6, 6.07) is -0.699. The van der Waals surface area contributed by atoms with Crippen LogP contribution in [0.3, 0.4) is 0 Å². The van der Waals surface area contributed by atoms with Crippen molar-refractivity contribution in [1.82, 2.24) is 15.0 Å². The topological polar surface area (TPSA) is 236 Å². The van der Waals surface area contributed by atoms with Gasteiger partial charge in [0.15, 0.2) is 6.29 Å². The third-order valence-electron chi connectivity index (χ3n) is 5.12. The molecule has 2 aliphatic heterocycles. The molecule has 0 bridgehead atoms. The highest BCUT2D eigenvalue weighted by molar-refractivity contribution is 5.09. The lowest BCUT2D eigenvalue weighted by atomic mass is 9.97. The minimum atomic E-state index is -1.77. The lowest BCUT2D eigenvalue weighted by molar-refractivity contribution is -0.352. The van der Waals surface area contributed by atoms with Crippen LogP contribution in [0, 0.1) is 0 Å². The molecule has 0 saturated carbocycles. The van der Waals surface area contributed by atoms with Crippen LogP contribution in [-0.4, -0.2) is 140 Å². The number of methoxy groups -OCH3 is 2. The SMILES string of the molecule is COc1nc(OC)nc(O[C@@H]2O[C@H](CO)[C@@H](O[C@@H]3O[C@H](CO)[C@H](O)[C@H](O)[C@H]3O)[C@H](O)[C@H]2O)n1. The maximum atomic E-state index is 10.6. The normalized spacial score (nSPS) is 39.2. The van der Waals surface area contributed by atoms with Gasteiger partial charge in [0.2, 0.25) is 6.29 Å². The predicted molar refractivity (Wildman–Crippen MR) is 100.0 cm³/mol. The molecular weight excluding hydrogens is 454 g/mol. The Morgan fingerprint density at radius 1 is 0.667 bits per heavy atom. The van der Waals surface area contributed by atoms with Gasteiger partial charge in [-0.1, -0.05) is 0 Å². The molecule has 0 radical (unpaired) electrons. The van der Waals surface area contributed by atoms with Gasteiger partial charge in [0.25, 0.3) is 0 Å². The monoisotopic (exact) mass is 481 g/mol. The molecule has 0 aromatic carbocycles. The number of hydrogen-bond donors (Lipinski definition) is 7. The summed E-state index contributed by atoms with van der Waals surface area (Å²) >= 11 is 0. The summed E-state index contributed by atoms with van der Waals surface area (Å²) in [5.41, 5.74) is 0. The fraction of sp³-hybridized carbons (Fsp3) is 0.824. The van der Waals surface area contributed by atoms with Crippen LogP contribution in [0.25, 0.3) is 0 Å². The second kappa shape index (κ2) is 11.0. The molecule has 2 saturated heterocycles.